The number of carbonyl (C=O) groups excluding carboxylic acids is 1. The second-order valence-electron chi connectivity index (χ2n) is 6.69. The van der Waals surface area contributed by atoms with E-state index in [4.69, 9.17) is 5.73 Å². The molecule has 0 saturated heterocycles. The standard InChI is InChI=1S/C21H17FN2O3S/c1-28(26,27)19-8-3-2-5-13(19)12-24-17-10-9-14(22)11-16(17)20-15(21(23)25)6-4-7-18(20)24/h2-11H,12H2,1H3,(H2,23,25). The lowest BCUT2D eigenvalue weighted by Gasteiger charge is -2.11. The predicted molar refractivity (Wildman–Crippen MR) is 107 cm³/mol. The maximum atomic E-state index is 13.9. The normalized spacial score (nSPS) is 11.9. The van der Waals surface area contributed by atoms with Crippen LogP contribution in [0.4, 0.5) is 4.39 Å². The number of hydrogen-bond acceptors (Lipinski definition) is 3. The predicted octanol–water partition coefficient (Wildman–Crippen LogP) is 3.48. The summed E-state index contributed by atoms with van der Waals surface area (Å²) in [6.45, 7) is 0.247. The van der Waals surface area contributed by atoms with E-state index in [-0.39, 0.29) is 11.4 Å². The molecule has 0 aliphatic heterocycles. The lowest BCUT2D eigenvalue weighted by molar-refractivity contribution is 0.100. The molecule has 142 valence electrons. The lowest BCUT2D eigenvalue weighted by Crippen LogP contribution is -2.11. The van der Waals surface area contributed by atoms with Crippen molar-refractivity contribution in [3.05, 3.63) is 77.6 Å². The Morgan fingerprint density at radius 2 is 1.79 bits per heavy atom. The van der Waals surface area contributed by atoms with Crippen LogP contribution in [0.2, 0.25) is 0 Å². The van der Waals surface area contributed by atoms with Crippen LogP contribution in [0.25, 0.3) is 21.8 Å². The summed E-state index contributed by atoms with van der Waals surface area (Å²) in [5, 5.41) is 1.11. The zero-order valence-electron chi connectivity index (χ0n) is 15.0. The topological polar surface area (TPSA) is 82.2 Å². The third kappa shape index (κ3) is 2.93. The Bertz CT molecular complexity index is 1360. The quantitative estimate of drug-likeness (QED) is 0.573. The highest BCUT2D eigenvalue weighted by molar-refractivity contribution is 7.90. The molecule has 0 fully saturated rings. The molecule has 0 spiro atoms. The number of nitrogens with two attached hydrogens (primary N) is 1. The van der Waals surface area contributed by atoms with Gasteiger partial charge in [0.2, 0.25) is 5.91 Å². The molecule has 3 aromatic carbocycles. The van der Waals surface area contributed by atoms with Gasteiger partial charge in [0.15, 0.2) is 9.84 Å². The van der Waals surface area contributed by atoms with Crippen molar-refractivity contribution in [2.45, 2.75) is 11.4 Å². The number of carbonyl (C=O) groups is 1. The van der Waals surface area contributed by atoms with Crippen LogP contribution in [-0.2, 0) is 16.4 Å². The first-order valence-electron chi connectivity index (χ1n) is 8.55. The van der Waals surface area contributed by atoms with Crippen LogP contribution in [0.15, 0.2) is 65.6 Å². The number of nitrogens with zero attached hydrogens (tertiary/aromatic N) is 1. The van der Waals surface area contributed by atoms with Crippen molar-refractivity contribution in [2.24, 2.45) is 5.73 Å². The van der Waals surface area contributed by atoms with Crippen LogP contribution >= 0.6 is 0 Å². The first-order valence-corrected chi connectivity index (χ1v) is 10.4. The van der Waals surface area contributed by atoms with Crippen LogP contribution in [0.5, 0.6) is 0 Å². The molecule has 0 aliphatic carbocycles. The molecule has 0 aliphatic rings. The monoisotopic (exact) mass is 396 g/mol. The van der Waals surface area contributed by atoms with Gasteiger partial charge in [0.05, 0.1) is 10.4 Å². The highest BCUT2D eigenvalue weighted by atomic mass is 32.2. The number of primary amides is 1. The number of amides is 1. The van der Waals surface area contributed by atoms with Crippen LogP contribution in [-0.4, -0.2) is 25.1 Å². The van der Waals surface area contributed by atoms with E-state index < -0.39 is 21.6 Å². The number of benzene rings is 3. The fourth-order valence-electron chi connectivity index (χ4n) is 3.66. The van der Waals surface area contributed by atoms with Crippen LogP contribution in [0.3, 0.4) is 0 Å². The highest BCUT2D eigenvalue weighted by Crippen LogP contribution is 2.33. The van der Waals surface area contributed by atoms with Gasteiger partial charge in [-0.2, -0.15) is 0 Å². The van der Waals surface area contributed by atoms with E-state index in [1.165, 1.54) is 12.1 Å². The van der Waals surface area contributed by atoms with Crippen LogP contribution < -0.4 is 5.73 Å². The van der Waals surface area contributed by atoms with Gasteiger partial charge in [0, 0.05) is 34.7 Å². The van der Waals surface area contributed by atoms with Gasteiger partial charge in [-0.3, -0.25) is 4.79 Å². The molecule has 0 atom stereocenters. The summed E-state index contributed by atoms with van der Waals surface area (Å²) >= 11 is 0. The molecule has 28 heavy (non-hydrogen) atoms. The van der Waals surface area contributed by atoms with Gasteiger partial charge in [-0.05, 0) is 42.0 Å². The zero-order valence-corrected chi connectivity index (χ0v) is 15.8. The van der Waals surface area contributed by atoms with Gasteiger partial charge in [-0.15, -0.1) is 0 Å². The molecule has 0 bridgehead atoms. The third-order valence-electron chi connectivity index (χ3n) is 4.82. The highest BCUT2D eigenvalue weighted by Gasteiger charge is 2.19. The number of rotatable bonds is 4. The van der Waals surface area contributed by atoms with Crippen molar-refractivity contribution < 1.29 is 17.6 Å². The average molecular weight is 396 g/mol. The van der Waals surface area contributed by atoms with Crippen LogP contribution in [0, 0.1) is 5.82 Å². The molecule has 7 heteroatoms. The van der Waals surface area contributed by atoms with Crippen molar-refractivity contribution in [1.82, 2.24) is 4.57 Å². The van der Waals surface area contributed by atoms with Crippen molar-refractivity contribution in [3.63, 3.8) is 0 Å². The fraction of sp³-hybridized carbons (Fsp3) is 0.0952. The Morgan fingerprint density at radius 1 is 1.04 bits per heavy atom. The number of hydrogen-bond donors (Lipinski definition) is 1. The van der Waals surface area contributed by atoms with Gasteiger partial charge in [-0.1, -0.05) is 24.3 Å². The van der Waals surface area contributed by atoms with Crippen molar-refractivity contribution >= 4 is 37.6 Å². The van der Waals surface area contributed by atoms with E-state index in [1.807, 2.05) is 10.6 Å². The number of fused-ring (bicyclic) bond motifs is 3. The van der Waals surface area contributed by atoms with Crippen molar-refractivity contribution in [1.29, 1.82) is 0 Å². The Morgan fingerprint density at radius 3 is 2.50 bits per heavy atom. The minimum atomic E-state index is -3.42. The van der Waals surface area contributed by atoms with Gasteiger partial charge in [0.25, 0.3) is 0 Å². The van der Waals surface area contributed by atoms with Crippen molar-refractivity contribution in [2.75, 3.05) is 6.26 Å². The molecule has 2 N–H and O–H groups in total. The molecule has 1 aromatic heterocycles. The van der Waals surface area contributed by atoms with E-state index in [0.717, 1.165) is 6.26 Å². The molecular weight excluding hydrogens is 379 g/mol. The molecule has 5 nitrogen and oxygen atoms in total. The second-order valence-corrected chi connectivity index (χ2v) is 8.68. The lowest BCUT2D eigenvalue weighted by atomic mass is 10.1. The molecule has 1 amide bonds. The first kappa shape index (κ1) is 18.2. The molecule has 0 unspecified atom stereocenters. The van der Waals surface area contributed by atoms with Crippen molar-refractivity contribution in [3.8, 4) is 0 Å². The summed E-state index contributed by atoms with van der Waals surface area (Å²) < 4.78 is 40.2. The Labute approximate surface area is 161 Å². The number of halogens is 1. The van der Waals surface area contributed by atoms with E-state index in [0.29, 0.717) is 32.9 Å². The minimum absolute atomic E-state index is 0.234. The molecule has 1 heterocycles. The largest absolute Gasteiger partial charge is 0.366 e. The maximum absolute atomic E-state index is 13.9. The molecule has 0 radical (unpaired) electrons. The van der Waals surface area contributed by atoms with Crippen LogP contribution in [0.1, 0.15) is 15.9 Å². The SMILES string of the molecule is CS(=O)(=O)c1ccccc1Cn1c2ccc(F)cc2c2c(C(N)=O)cccc21. The zero-order chi connectivity index (χ0) is 20.1. The van der Waals surface area contributed by atoms with E-state index in [9.17, 15) is 17.6 Å². The summed E-state index contributed by atoms with van der Waals surface area (Å²) in [5.74, 6) is -1.03. The molecule has 4 aromatic rings. The van der Waals surface area contributed by atoms with Gasteiger partial charge in [0.1, 0.15) is 5.82 Å². The average Bonchev–Trinajstić information content (AvgIpc) is 2.94. The summed E-state index contributed by atoms with van der Waals surface area (Å²) in [7, 11) is -3.42. The van der Waals surface area contributed by atoms with Gasteiger partial charge in [-0.25, -0.2) is 12.8 Å². The summed E-state index contributed by atoms with van der Waals surface area (Å²) in [6.07, 6.45) is 1.16. The smallest absolute Gasteiger partial charge is 0.249 e. The minimum Gasteiger partial charge on any atom is -0.366 e. The summed E-state index contributed by atoms with van der Waals surface area (Å²) in [6, 6.07) is 16.2. The fourth-order valence-corrected chi connectivity index (χ4v) is 4.60. The van der Waals surface area contributed by atoms with Gasteiger partial charge >= 0.3 is 0 Å². The molecule has 0 saturated carbocycles. The summed E-state index contributed by atoms with van der Waals surface area (Å²) in [5.41, 5.74) is 7.80. The molecular formula is C21H17FN2O3S. The van der Waals surface area contributed by atoms with Gasteiger partial charge < -0.3 is 10.3 Å². The summed E-state index contributed by atoms with van der Waals surface area (Å²) in [4.78, 5) is 12.2. The Hall–Kier alpha value is -3.19. The number of aromatic nitrogens is 1. The maximum Gasteiger partial charge on any atom is 0.249 e. The second kappa shape index (κ2) is 6.45. The van der Waals surface area contributed by atoms with E-state index in [1.54, 1.807) is 42.5 Å². The Kier molecular flexibility index (Phi) is 4.19. The molecule has 4 rings (SSSR count). The first-order chi connectivity index (χ1) is 13.3. The Balaban J connectivity index is 2.06. The van der Waals surface area contributed by atoms with E-state index in [2.05, 4.69) is 0 Å². The van der Waals surface area contributed by atoms with E-state index >= 15 is 0 Å². The number of sulfone groups is 1. The third-order valence-corrected chi connectivity index (χ3v) is 6.02.